The van der Waals surface area contributed by atoms with Crippen LogP contribution in [0.1, 0.15) is 0 Å². The summed E-state index contributed by atoms with van der Waals surface area (Å²) in [5, 5.41) is 9.87. The maximum Gasteiger partial charge on any atom is 0.0541 e. The number of rotatable bonds is 7. The van der Waals surface area contributed by atoms with E-state index in [9.17, 15) is 0 Å². The van der Waals surface area contributed by atoms with Crippen molar-refractivity contribution in [2.75, 3.05) is 0 Å². The third-order valence-corrected chi connectivity index (χ3v) is 15.2. The van der Waals surface area contributed by atoms with E-state index in [-0.39, 0.29) is 0 Å². The molecule has 340 valence electrons. The van der Waals surface area contributed by atoms with Gasteiger partial charge in [0.25, 0.3) is 0 Å². The van der Waals surface area contributed by atoms with Gasteiger partial charge in [0, 0.05) is 49.4 Å². The van der Waals surface area contributed by atoms with Crippen molar-refractivity contribution in [2.45, 2.75) is 0 Å². The van der Waals surface area contributed by atoms with Crippen molar-refractivity contribution in [1.82, 2.24) is 13.7 Å². The molecule has 0 saturated carbocycles. The Morgan fingerprint density at radius 3 is 0.767 bits per heavy atom. The fourth-order valence-corrected chi connectivity index (χ4v) is 12.2. The molecule has 3 heteroatoms. The number of fused-ring (bicyclic) bond motifs is 10. The summed E-state index contributed by atoms with van der Waals surface area (Å²) in [6.07, 6.45) is 0. The zero-order valence-corrected chi connectivity index (χ0v) is 39.8. The highest BCUT2D eigenvalue weighted by Crippen LogP contribution is 2.52. The van der Waals surface area contributed by atoms with E-state index in [4.69, 9.17) is 0 Å². The molecule has 0 aliphatic rings. The number of nitrogens with zero attached hydrogens (tertiary/aromatic N) is 3. The summed E-state index contributed by atoms with van der Waals surface area (Å²) in [7, 11) is 0. The Morgan fingerprint density at radius 2 is 0.425 bits per heavy atom. The molecule has 3 aromatic heterocycles. The molecule has 0 aliphatic heterocycles. The van der Waals surface area contributed by atoms with E-state index < -0.39 is 0 Å². The van der Waals surface area contributed by atoms with Gasteiger partial charge in [-0.3, -0.25) is 0 Å². The van der Waals surface area contributed by atoms with Crippen LogP contribution >= 0.6 is 0 Å². The van der Waals surface area contributed by atoms with Crippen LogP contribution < -0.4 is 0 Å². The standard InChI is InChI=1S/C70H45N3/c1-3-19-46(20-4-1)69-67(48-35-39-50(40-36-48)71-61-29-13-7-23-53(61)54-24-8-14-30-62(54)71)59-44-43-52(73-65-33-17-11-27-57(65)58-28-12-18-34-66(58)73)45-60(59)68(70(69)47-21-5-2-6-22-47)49-37-41-51(42-38-49)72-63-31-15-9-25-55(63)56-26-10-16-32-64(56)72/h1-45H. The van der Waals surface area contributed by atoms with Crippen LogP contribution in [0.15, 0.2) is 273 Å². The van der Waals surface area contributed by atoms with Crippen LogP contribution in [-0.2, 0) is 0 Å². The second-order valence-electron chi connectivity index (χ2n) is 19.2. The highest BCUT2D eigenvalue weighted by Gasteiger charge is 2.26. The van der Waals surface area contributed by atoms with Gasteiger partial charge in [0.2, 0.25) is 0 Å². The van der Waals surface area contributed by atoms with Gasteiger partial charge in [0.15, 0.2) is 0 Å². The molecule has 0 bridgehead atoms. The molecule has 0 radical (unpaired) electrons. The quantitative estimate of drug-likeness (QED) is 0.151. The Labute approximate surface area is 422 Å². The molecule has 0 aliphatic carbocycles. The monoisotopic (exact) mass is 927 g/mol. The smallest absolute Gasteiger partial charge is 0.0541 e. The number of aromatic nitrogens is 3. The van der Waals surface area contributed by atoms with Gasteiger partial charge in [-0.05, 0) is 128 Å². The zero-order chi connectivity index (χ0) is 48.0. The fraction of sp³-hybridized carbons (Fsp3) is 0. The number of hydrogen-bond acceptors (Lipinski definition) is 0. The summed E-state index contributed by atoms with van der Waals surface area (Å²) < 4.78 is 7.27. The van der Waals surface area contributed by atoms with Gasteiger partial charge in [0.1, 0.15) is 0 Å². The predicted octanol–water partition coefficient (Wildman–Crippen LogP) is 18.8. The van der Waals surface area contributed by atoms with E-state index in [1.165, 1.54) is 104 Å². The van der Waals surface area contributed by atoms with Gasteiger partial charge in [-0.1, -0.05) is 200 Å². The molecule has 0 fully saturated rings. The van der Waals surface area contributed by atoms with Gasteiger partial charge in [0.05, 0.1) is 33.1 Å². The van der Waals surface area contributed by atoms with Crippen LogP contribution in [0.4, 0.5) is 0 Å². The first-order valence-electron chi connectivity index (χ1n) is 25.2. The second kappa shape index (κ2) is 16.4. The molecule has 0 amide bonds. The minimum absolute atomic E-state index is 1.12. The van der Waals surface area contributed by atoms with E-state index >= 15 is 0 Å². The lowest BCUT2D eigenvalue weighted by atomic mass is 9.79. The lowest BCUT2D eigenvalue weighted by Crippen LogP contribution is -2.00. The number of para-hydroxylation sites is 6. The van der Waals surface area contributed by atoms with Crippen molar-refractivity contribution >= 4 is 76.2 Å². The molecule has 73 heavy (non-hydrogen) atoms. The largest absolute Gasteiger partial charge is 0.309 e. The molecule has 15 rings (SSSR count). The van der Waals surface area contributed by atoms with Gasteiger partial charge >= 0.3 is 0 Å². The lowest BCUT2D eigenvalue weighted by Gasteiger charge is -2.25. The first kappa shape index (κ1) is 41.1. The third-order valence-electron chi connectivity index (χ3n) is 15.2. The Kier molecular flexibility index (Phi) is 9.26. The highest BCUT2D eigenvalue weighted by molar-refractivity contribution is 6.19. The van der Waals surface area contributed by atoms with Crippen molar-refractivity contribution in [1.29, 1.82) is 0 Å². The fourth-order valence-electron chi connectivity index (χ4n) is 12.2. The molecule has 15 aromatic rings. The summed E-state index contributed by atoms with van der Waals surface area (Å²) in [5.41, 5.74) is 20.0. The maximum absolute atomic E-state index is 2.46. The van der Waals surface area contributed by atoms with Crippen LogP contribution in [0, 0.1) is 0 Å². The third kappa shape index (κ3) is 6.32. The summed E-state index contributed by atoms with van der Waals surface area (Å²) in [6.45, 7) is 0. The van der Waals surface area contributed by atoms with Gasteiger partial charge in [-0.25, -0.2) is 0 Å². The van der Waals surface area contributed by atoms with Gasteiger partial charge < -0.3 is 13.7 Å². The van der Waals surface area contributed by atoms with Gasteiger partial charge in [-0.15, -0.1) is 0 Å². The topological polar surface area (TPSA) is 14.8 Å². The molecule has 12 aromatic carbocycles. The summed E-state index contributed by atoms with van der Waals surface area (Å²) in [4.78, 5) is 0. The predicted molar refractivity (Wildman–Crippen MR) is 309 cm³/mol. The summed E-state index contributed by atoms with van der Waals surface area (Å²) in [6, 6.07) is 101. The molecule has 0 unspecified atom stereocenters. The van der Waals surface area contributed by atoms with Crippen LogP contribution in [-0.4, -0.2) is 13.7 Å². The Bertz CT molecular complexity index is 4470. The minimum Gasteiger partial charge on any atom is -0.309 e. The molecular weight excluding hydrogens is 883 g/mol. The maximum atomic E-state index is 2.46. The van der Waals surface area contributed by atoms with E-state index in [0.717, 1.165) is 33.8 Å². The molecule has 0 saturated heterocycles. The Morgan fingerprint density at radius 1 is 0.164 bits per heavy atom. The average Bonchev–Trinajstić information content (AvgIpc) is 4.11. The van der Waals surface area contributed by atoms with Crippen molar-refractivity contribution in [3.05, 3.63) is 273 Å². The number of hydrogen-bond donors (Lipinski definition) is 0. The molecule has 3 nitrogen and oxygen atoms in total. The van der Waals surface area contributed by atoms with Crippen LogP contribution in [0.5, 0.6) is 0 Å². The Balaban J connectivity index is 1.04. The van der Waals surface area contributed by atoms with E-state index in [0.29, 0.717) is 0 Å². The van der Waals surface area contributed by atoms with Crippen LogP contribution in [0.3, 0.4) is 0 Å². The SMILES string of the molecule is c1ccc(-c2c(-c3ccccc3)c(-c3ccc(-n4c5ccccc5c5ccccc54)cc3)c3cc(-n4c5ccccc5c5ccccc54)ccc3c2-c2ccc(-n3c4ccccc4c4ccccc43)cc2)cc1. The van der Waals surface area contributed by atoms with Crippen molar-refractivity contribution < 1.29 is 0 Å². The first-order valence-corrected chi connectivity index (χ1v) is 25.2. The first-order chi connectivity index (χ1) is 36.3. The van der Waals surface area contributed by atoms with Crippen molar-refractivity contribution in [3.8, 4) is 61.6 Å². The highest BCUT2D eigenvalue weighted by atomic mass is 15.0. The van der Waals surface area contributed by atoms with Crippen LogP contribution in [0.2, 0.25) is 0 Å². The van der Waals surface area contributed by atoms with Gasteiger partial charge in [-0.2, -0.15) is 0 Å². The Hall–Kier alpha value is -9.70. The summed E-state index contributed by atoms with van der Waals surface area (Å²) in [5.74, 6) is 0. The molecule has 3 heterocycles. The molecule has 0 N–H and O–H groups in total. The zero-order valence-electron chi connectivity index (χ0n) is 39.8. The van der Waals surface area contributed by atoms with E-state index in [1.54, 1.807) is 0 Å². The van der Waals surface area contributed by atoms with E-state index in [1.807, 2.05) is 0 Å². The molecule has 0 atom stereocenters. The summed E-state index contributed by atoms with van der Waals surface area (Å²) >= 11 is 0. The number of benzene rings is 12. The average molecular weight is 928 g/mol. The second-order valence-corrected chi connectivity index (χ2v) is 19.2. The lowest BCUT2D eigenvalue weighted by molar-refractivity contribution is 1.18. The van der Waals surface area contributed by atoms with Crippen molar-refractivity contribution in [2.24, 2.45) is 0 Å². The minimum atomic E-state index is 1.12. The molecular formula is C70H45N3. The molecule has 0 spiro atoms. The normalized spacial score (nSPS) is 11.8. The van der Waals surface area contributed by atoms with Crippen molar-refractivity contribution in [3.63, 3.8) is 0 Å². The van der Waals surface area contributed by atoms with E-state index in [2.05, 4.69) is 287 Å². The van der Waals surface area contributed by atoms with Crippen LogP contribution in [0.25, 0.3) is 138 Å².